The standard InChI is InChI=1S/C22H30N2O4/c1-6-24(18-9-7-8-16(2)12-18)11-10-23-21(25)15-17-13-19(26-3)22(28-5)20(14-17)27-4/h7-9,12-14H,6,10-11,15H2,1-5H3,(H,23,25). The number of amides is 1. The molecule has 0 saturated heterocycles. The number of benzene rings is 2. The molecule has 0 spiro atoms. The van der Waals surface area contributed by atoms with Crippen LogP contribution in [-0.4, -0.2) is 46.9 Å². The van der Waals surface area contributed by atoms with Crippen molar-refractivity contribution in [1.82, 2.24) is 5.32 Å². The first kappa shape index (κ1) is 21.4. The summed E-state index contributed by atoms with van der Waals surface area (Å²) in [6.07, 6.45) is 0.243. The molecule has 0 aliphatic heterocycles. The summed E-state index contributed by atoms with van der Waals surface area (Å²) < 4.78 is 16.0. The molecule has 6 heteroatoms. The molecule has 0 unspecified atom stereocenters. The van der Waals surface area contributed by atoms with Gasteiger partial charge in [0.25, 0.3) is 0 Å². The number of anilines is 1. The van der Waals surface area contributed by atoms with E-state index in [4.69, 9.17) is 14.2 Å². The van der Waals surface area contributed by atoms with Gasteiger partial charge in [-0.2, -0.15) is 0 Å². The molecular formula is C22H30N2O4. The third-order valence-electron chi connectivity index (χ3n) is 4.54. The highest BCUT2D eigenvalue weighted by molar-refractivity contribution is 5.79. The van der Waals surface area contributed by atoms with Crippen LogP contribution in [0, 0.1) is 6.92 Å². The first-order valence-corrected chi connectivity index (χ1v) is 9.39. The van der Waals surface area contributed by atoms with Gasteiger partial charge in [0, 0.05) is 25.3 Å². The molecule has 0 fully saturated rings. The maximum absolute atomic E-state index is 12.4. The zero-order chi connectivity index (χ0) is 20.5. The Hall–Kier alpha value is -2.89. The molecular weight excluding hydrogens is 356 g/mol. The normalized spacial score (nSPS) is 10.3. The molecule has 0 atom stereocenters. The van der Waals surface area contributed by atoms with Crippen molar-refractivity contribution in [3.63, 3.8) is 0 Å². The smallest absolute Gasteiger partial charge is 0.224 e. The Morgan fingerprint density at radius 1 is 1.04 bits per heavy atom. The number of ether oxygens (including phenoxy) is 3. The topological polar surface area (TPSA) is 60.0 Å². The summed E-state index contributed by atoms with van der Waals surface area (Å²) in [5, 5.41) is 2.99. The molecule has 28 heavy (non-hydrogen) atoms. The predicted molar refractivity (Wildman–Crippen MR) is 112 cm³/mol. The van der Waals surface area contributed by atoms with Crippen molar-refractivity contribution >= 4 is 11.6 Å². The van der Waals surface area contributed by atoms with E-state index in [-0.39, 0.29) is 12.3 Å². The number of aryl methyl sites for hydroxylation is 1. The number of carbonyl (C=O) groups excluding carboxylic acids is 1. The van der Waals surface area contributed by atoms with Gasteiger partial charge in [-0.25, -0.2) is 0 Å². The highest BCUT2D eigenvalue weighted by Gasteiger charge is 2.15. The van der Waals surface area contributed by atoms with Gasteiger partial charge in [0.1, 0.15) is 0 Å². The van der Waals surface area contributed by atoms with Gasteiger partial charge < -0.3 is 24.4 Å². The number of carbonyl (C=O) groups is 1. The fourth-order valence-electron chi connectivity index (χ4n) is 3.11. The second-order valence-corrected chi connectivity index (χ2v) is 6.48. The Morgan fingerprint density at radius 2 is 1.71 bits per heavy atom. The van der Waals surface area contributed by atoms with Crippen molar-refractivity contribution in [2.75, 3.05) is 45.9 Å². The second-order valence-electron chi connectivity index (χ2n) is 6.48. The van der Waals surface area contributed by atoms with Gasteiger partial charge >= 0.3 is 0 Å². The predicted octanol–water partition coefficient (Wildman–Crippen LogP) is 3.21. The van der Waals surface area contributed by atoms with Gasteiger partial charge in [0.15, 0.2) is 11.5 Å². The lowest BCUT2D eigenvalue weighted by molar-refractivity contribution is -0.120. The summed E-state index contributed by atoms with van der Waals surface area (Å²) in [6.45, 7) is 6.40. The molecule has 2 rings (SSSR count). The SMILES string of the molecule is CCN(CCNC(=O)Cc1cc(OC)c(OC)c(OC)c1)c1cccc(C)c1. The first-order chi connectivity index (χ1) is 13.5. The number of likely N-dealkylation sites (N-methyl/N-ethyl adjacent to an activating group) is 1. The van der Waals surface area contributed by atoms with Crippen LogP contribution >= 0.6 is 0 Å². The molecule has 0 radical (unpaired) electrons. The van der Waals surface area contributed by atoms with Gasteiger partial charge in [-0.3, -0.25) is 4.79 Å². The van der Waals surface area contributed by atoms with Crippen LogP contribution in [0.4, 0.5) is 5.69 Å². The summed E-state index contributed by atoms with van der Waals surface area (Å²) in [5.74, 6) is 1.56. The quantitative estimate of drug-likeness (QED) is 0.679. The van der Waals surface area contributed by atoms with Crippen LogP contribution < -0.4 is 24.4 Å². The van der Waals surface area contributed by atoms with Gasteiger partial charge in [-0.1, -0.05) is 12.1 Å². The van der Waals surface area contributed by atoms with Crippen LogP contribution in [0.1, 0.15) is 18.1 Å². The molecule has 1 N–H and O–H groups in total. The van der Waals surface area contributed by atoms with E-state index in [1.54, 1.807) is 33.5 Å². The number of hydrogen-bond donors (Lipinski definition) is 1. The average Bonchev–Trinajstić information content (AvgIpc) is 2.70. The Labute approximate surface area is 167 Å². The molecule has 0 aliphatic rings. The van der Waals surface area contributed by atoms with E-state index in [2.05, 4.69) is 48.3 Å². The number of hydrogen-bond acceptors (Lipinski definition) is 5. The maximum atomic E-state index is 12.4. The number of nitrogens with zero attached hydrogens (tertiary/aromatic N) is 1. The minimum Gasteiger partial charge on any atom is -0.493 e. The number of rotatable bonds is 10. The fraction of sp³-hybridized carbons (Fsp3) is 0.409. The van der Waals surface area contributed by atoms with E-state index in [1.807, 2.05) is 0 Å². The Morgan fingerprint density at radius 3 is 2.25 bits per heavy atom. The summed E-state index contributed by atoms with van der Waals surface area (Å²) in [7, 11) is 4.68. The van der Waals surface area contributed by atoms with Crippen molar-refractivity contribution in [3.8, 4) is 17.2 Å². The second kappa shape index (κ2) is 10.4. The van der Waals surface area contributed by atoms with Crippen molar-refractivity contribution in [1.29, 1.82) is 0 Å². The minimum absolute atomic E-state index is 0.0467. The molecule has 2 aromatic carbocycles. The van der Waals surface area contributed by atoms with Crippen LogP contribution in [0.3, 0.4) is 0 Å². The molecule has 2 aromatic rings. The summed E-state index contributed by atoms with van der Waals surface area (Å²) in [6, 6.07) is 12.0. The number of methoxy groups -OCH3 is 3. The highest BCUT2D eigenvalue weighted by Crippen LogP contribution is 2.38. The molecule has 152 valence electrons. The summed E-state index contributed by atoms with van der Waals surface area (Å²) >= 11 is 0. The molecule has 1 amide bonds. The highest BCUT2D eigenvalue weighted by atomic mass is 16.5. The monoisotopic (exact) mass is 386 g/mol. The van der Waals surface area contributed by atoms with E-state index in [1.165, 1.54) is 11.3 Å². The third-order valence-corrected chi connectivity index (χ3v) is 4.54. The average molecular weight is 386 g/mol. The fourth-order valence-corrected chi connectivity index (χ4v) is 3.11. The van der Waals surface area contributed by atoms with E-state index < -0.39 is 0 Å². The number of nitrogens with one attached hydrogen (secondary N) is 1. The van der Waals surface area contributed by atoms with Gasteiger partial charge in [0.2, 0.25) is 11.7 Å². The molecule has 6 nitrogen and oxygen atoms in total. The van der Waals surface area contributed by atoms with Crippen LogP contribution in [0.5, 0.6) is 17.2 Å². The molecule has 0 saturated carbocycles. The molecule has 0 aromatic heterocycles. The lowest BCUT2D eigenvalue weighted by Gasteiger charge is -2.23. The van der Waals surface area contributed by atoms with Crippen molar-refractivity contribution in [3.05, 3.63) is 47.5 Å². The van der Waals surface area contributed by atoms with Gasteiger partial charge in [0.05, 0.1) is 27.8 Å². The van der Waals surface area contributed by atoms with Gasteiger partial charge in [-0.15, -0.1) is 0 Å². The maximum Gasteiger partial charge on any atom is 0.224 e. The van der Waals surface area contributed by atoms with Gasteiger partial charge in [-0.05, 0) is 49.2 Å². The Bertz CT molecular complexity index is 767. The van der Waals surface area contributed by atoms with Crippen molar-refractivity contribution in [2.24, 2.45) is 0 Å². The summed E-state index contributed by atoms with van der Waals surface area (Å²) in [5.41, 5.74) is 3.20. The zero-order valence-corrected chi connectivity index (χ0v) is 17.4. The van der Waals surface area contributed by atoms with E-state index >= 15 is 0 Å². The Balaban J connectivity index is 1.95. The van der Waals surface area contributed by atoms with Crippen LogP contribution in [0.2, 0.25) is 0 Å². The lowest BCUT2D eigenvalue weighted by atomic mass is 10.1. The first-order valence-electron chi connectivity index (χ1n) is 9.39. The molecule has 0 aliphatic carbocycles. The van der Waals surface area contributed by atoms with E-state index in [0.717, 1.165) is 18.7 Å². The van der Waals surface area contributed by atoms with Crippen molar-refractivity contribution in [2.45, 2.75) is 20.3 Å². The van der Waals surface area contributed by atoms with Crippen LogP contribution in [0.25, 0.3) is 0 Å². The van der Waals surface area contributed by atoms with E-state index in [0.29, 0.717) is 23.8 Å². The zero-order valence-electron chi connectivity index (χ0n) is 17.4. The Kier molecular flexibility index (Phi) is 7.99. The summed E-state index contributed by atoms with van der Waals surface area (Å²) in [4.78, 5) is 14.6. The largest absolute Gasteiger partial charge is 0.493 e. The van der Waals surface area contributed by atoms with E-state index in [9.17, 15) is 4.79 Å². The van der Waals surface area contributed by atoms with Crippen LogP contribution in [0.15, 0.2) is 36.4 Å². The lowest BCUT2D eigenvalue weighted by Crippen LogP contribution is -2.35. The minimum atomic E-state index is -0.0467. The third kappa shape index (κ3) is 5.55. The molecule has 0 heterocycles. The van der Waals surface area contributed by atoms with Crippen molar-refractivity contribution < 1.29 is 19.0 Å². The van der Waals surface area contributed by atoms with Crippen LogP contribution in [-0.2, 0) is 11.2 Å². The molecule has 0 bridgehead atoms.